The first kappa shape index (κ1) is 31.2. The summed E-state index contributed by atoms with van der Waals surface area (Å²) in [5.74, 6) is 6.47. The number of sulfonamides is 1. The summed E-state index contributed by atoms with van der Waals surface area (Å²) in [6, 6.07) is 4.57. The number of amides is 1. The molecule has 0 unspecified atom stereocenters. The van der Waals surface area contributed by atoms with E-state index in [1.54, 1.807) is 6.07 Å². The number of nitrogens with one attached hydrogen (secondary N) is 1. The Morgan fingerprint density at radius 3 is 2.37 bits per heavy atom. The fraction of sp³-hybridized carbons (Fsp3) is 0.581. The second kappa shape index (κ2) is 13.1. The average molecular weight is 600 g/mol. The Morgan fingerprint density at radius 2 is 1.78 bits per heavy atom. The van der Waals surface area contributed by atoms with Crippen molar-refractivity contribution in [1.82, 2.24) is 9.71 Å². The van der Waals surface area contributed by atoms with Gasteiger partial charge in [-0.25, -0.2) is 17.9 Å². The van der Waals surface area contributed by atoms with Crippen LogP contribution in [0.1, 0.15) is 93.6 Å². The van der Waals surface area contributed by atoms with Crippen LogP contribution < -0.4 is 9.62 Å². The van der Waals surface area contributed by atoms with Gasteiger partial charge in [0.05, 0.1) is 17.7 Å². The zero-order valence-corrected chi connectivity index (χ0v) is 26.2. The second-order valence-corrected chi connectivity index (χ2v) is 15.1. The summed E-state index contributed by atoms with van der Waals surface area (Å²) < 4.78 is 33.7. The van der Waals surface area contributed by atoms with E-state index >= 15 is 0 Å². The molecule has 222 valence electrons. The first-order valence-corrected chi connectivity index (χ1v) is 16.7. The molecular formula is C31H41N3O5S2. The summed E-state index contributed by atoms with van der Waals surface area (Å²) in [6.07, 6.45) is 8.89. The largest absolute Gasteiger partial charge is 0.465 e. The summed E-state index contributed by atoms with van der Waals surface area (Å²) in [7, 11) is -2.34. The van der Waals surface area contributed by atoms with Gasteiger partial charge in [-0.2, -0.15) is 0 Å². The van der Waals surface area contributed by atoms with E-state index in [1.807, 2.05) is 31.7 Å². The molecule has 2 saturated carbocycles. The Morgan fingerprint density at radius 1 is 1.10 bits per heavy atom. The summed E-state index contributed by atoms with van der Waals surface area (Å²) in [5.41, 5.74) is 0.342. The van der Waals surface area contributed by atoms with Crippen molar-refractivity contribution < 1.29 is 22.7 Å². The van der Waals surface area contributed by atoms with Crippen molar-refractivity contribution in [3.05, 3.63) is 40.3 Å². The average Bonchev–Trinajstić information content (AvgIpc) is 3.36. The number of aromatic nitrogens is 1. The van der Waals surface area contributed by atoms with Gasteiger partial charge in [0, 0.05) is 35.8 Å². The maximum atomic E-state index is 14.2. The third kappa shape index (κ3) is 7.97. The zero-order valence-electron chi connectivity index (χ0n) is 24.6. The minimum Gasteiger partial charge on any atom is -0.465 e. The van der Waals surface area contributed by atoms with Gasteiger partial charge >= 0.3 is 5.97 Å². The van der Waals surface area contributed by atoms with E-state index in [-0.39, 0.29) is 34.2 Å². The number of hydrogen-bond acceptors (Lipinski definition) is 7. The van der Waals surface area contributed by atoms with Crippen molar-refractivity contribution in [2.45, 2.75) is 96.0 Å². The Balaban J connectivity index is 1.62. The van der Waals surface area contributed by atoms with E-state index in [2.05, 4.69) is 28.5 Å². The normalized spacial score (nSPS) is 23.2. The number of pyridine rings is 1. The number of methoxy groups -OCH3 is 1. The maximum Gasteiger partial charge on any atom is 0.350 e. The van der Waals surface area contributed by atoms with E-state index in [4.69, 9.17) is 4.74 Å². The minimum atomic E-state index is -3.69. The van der Waals surface area contributed by atoms with Crippen molar-refractivity contribution in [1.29, 1.82) is 0 Å². The molecule has 2 aromatic rings. The van der Waals surface area contributed by atoms with Crippen LogP contribution in [0.2, 0.25) is 0 Å². The van der Waals surface area contributed by atoms with Gasteiger partial charge in [0.1, 0.15) is 9.77 Å². The Hall–Kier alpha value is -2.74. The monoisotopic (exact) mass is 599 g/mol. The SMILES string of the molecule is COC(=O)c1sc(C#CC(C)(C)C)cc1N(C(=O)[C@H]1CC[C@H](C)CC1)C1CCC(NS(=O)(=O)c2cccnc2)CC1. The van der Waals surface area contributed by atoms with Crippen LogP contribution in [-0.4, -0.2) is 44.5 Å². The van der Waals surface area contributed by atoms with Gasteiger partial charge in [0.15, 0.2) is 0 Å². The number of hydrogen-bond donors (Lipinski definition) is 1. The lowest BCUT2D eigenvalue weighted by Gasteiger charge is -2.39. The third-order valence-corrected chi connectivity index (χ3v) is 10.4. The predicted molar refractivity (Wildman–Crippen MR) is 161 cm³/mol. The molecule has 1 N–H and O–H groups in total. The van der Waals surface area contributed by atoms with Crippen LogP contribution >= 0.6 is 11.3 Å². The molecule has 4 rings (SSSR count). The summed E-state index contributed by atoms with van der Waals surface area (Å²) in [4.78, 5) is 34.1. The second-order valence-electron chi connectivity index (χ2n) is 12.3. The molecule has 2 aliphatic carbocycles. The van der Waals surface area contributed by atoms with Gasteiger partial charge in [-0.15, -0.1) is 11.3 Å². The molecule has 0 bridgehead atoms. The molecule has 0 spiro atoms. The van der Waals surface area contributed by atoms with Gasteiger partial charge in [0.2, 0.25) is 15.9 Å². The summed E-state index contributed by atoms with van der Waals surface area (Å²) in [5, 5.41) is 0. The smallest absolute Gasteiger partial charge is 0.350 e. The molecule has 0 saturated heterocycles. The fourth-order valence-electron chi connectivity index (χ4n) is 5.55. The lowest BCUT2D eigenvalue weighted by molar-refractivity contribution is -0.124. The number of nitrogens with zero attached hydrogens (tertiary/aromatic N) is 2. The van der Waals surface area contributed by atoms with Crippen LogP contribution in [0.4, 0.5) is 5.69 Å². The molecule has 0 aliphatic heterocycles. The summed E-state index contributed by atoms with van der Waals surface area (Å²) >= 11 is 1.26. The highest BCUT2D eigenvalue weighted by Crippen LogP contribution is 2.39. The van der Waals surface area contributed by atoms with E-state index < -0.39 is 16.0 Å². The predicted octanol–water partition coefficient (Wildman–Crippen LogP) is 5.78. The Labute approximate surface area is 248 Å². The highest BCUT2D eigenvalue weighted by Gasteiger charge is 2.38. The van der Waals surface area contributed by atoms with Crippen LogP contribution in [0.25, 0.3) is 0 Å². The summed E-state index contributed by atoms with van der Waals surface area (Å²) in [6.45, 7) is 8.30. The molecule has 41 heavy (non-hydrogen) atoms. The molecule has 8 nitrogen and oxygen atoms in total. The van der Waals surface area contributed by atoms with Crippen molar-refractivity contribution in [2.75, 3.05) is 12.0 Å². The van der Waals surface area contributed by atoms with Crippen LogP contribution in [0, 0.1) is 29.1 Å². The van der Waals surface area contributed by atoms with Crippen LogP contribution in [0.3, 0.4) is 0 Å². The van der Waals surface area contributed by atoms with Crippen LogP contribution in [-0.2, 0) is 19.6 Å². The molecule has 2 aromatic heterocycles. The number of ether oxygens (including phenoxy) is 1. The molecule has 0 atom stereocenters. The van der Waals surface area contributed by atoms with E-state index in [0.717, 1.165) is 25.7 Å². The lowest BCUT2D eigenvalue weighted by atomic mass is 9.81. The molecule has 0 aromatic carbocycles. The van der Waals surface area contributed by atoms with Crippen molar-refractivity contribution >= 4 is 38.9 Å². The quantitative estimate of drug-likeness (QED) is 0.320. The maximum absolute atomic E-state index is 14.2. The van der Waals surface area contributed by atoms with Gasteiger partial charge in [-0.3, -0.25) is 9.78 Å². The standard InChI is InChI=1S/C31H41N3O5S2/c1-21-8-10-22(11-9-21)29(35)34(27-19-25(16-17-31(2,3)4)40-28(27)30(36)39-5)24-14-12-23(13-15-24)33-41(37,38)26-7-6-18-32-20-26/h6-7,18-24,33H,8-15H2,1-5H3/t21-,22-,23?,24?. The first-order valence-electron chi connectivity index (χ1n) is 14.4. The minimum absolute atomic E-state index is 0.0366. The first-order chi connectivity index (χ1) is 19.4. The van der Waals surface area contributed by atoms with E-state index in [1.165, 1.54) is 36.9 Å². The number of anilines is 1. The lowest BCUT2D eigenvalue weighted by Crippen LogP contribution is -2.49. The number of carbonyl (C=O) groups is 2. The molecule has 0 radical (unpaired) electrons. The van der Waals surface area contributed by atoms with Crippen molar-refractivity contribution in [3.8, 4) is 11.8 Å². The van der Waals surface area contributed by atoms with Crippen LogP contribution in [0.5, 0.6) is 0 Å². The number of thiophene rings is 1. The van der Waals surface area contributed by atoms with Crippen LogP contribution in [0.15, 0.2) is 35.5 Å². The molecular weight excluding hydrogens is 558 g/mol. The molecule has 10 heteroatoms. The third-order valence-electron chi connectivity index (χ3n) is 7.83. The van der Waals surface area contributed by atoms with E-state index in [9.17, 15) is 18.0 Å². The molecule has 2 fully saturated rings. The van der Waals surface area contributed by atoms with Gasteiger partial charge in [-0.1, -0.05) is 18.8 Å². The zero-order chi connectivity index (χ0) is 29.8. The topological polar surface area (TPSA) is 106 Å². The Bertz CT molecular complexity index is 1390. The van der Waals surface area contributed by atoms with Gasteiger partial charge < -0.3 is 9.64 Å². The van der Waals surface area contributed by atoms with Gasteiger partial charge in [-0.05, 0) is 96.3 Å². The highest BCUT2D eigenvalue weighted by atomic mass is 32.2. The Kier molecular flexibility index (Phi) is 9.93. The number of carbonyl (C=O) groups excluding carboxylic acids is 2. The molecule has 2 aliphatic rings. The van der Waals surface area contributed by atoms with Gasteiger partial charge in [0.25, 0.3) is 0 Å². The fourth-order valence-corrected chi connectivity index (χ4v) is 7.74. The molecule has 2 heterocycles. The highest BCUT2D eigenvalue weighted by molar-refractivity contribution is 7.89. The van der Waals surface area contributed by atoms with Crippen molar-refractivity contribution in [2.24, 2.45) is 17.3 Å². The molecule has 1 amide bonds. The number of rotatable bonds is 7. The van der Waals surface area contributed by atoms with E-state index in [0.29, 0.717) is 47.0 Å². The number of esters is 1. The van der Waals surface area contributed by atoms with Crippen molar-refractivity contribution in [3.63, 3.8) is 0 Å².